The van der Waals surface area contributed by atoms with Gasteiger partial charge in [0, 0.05) is 6.42 Å². The fourth-order valence-corrected chi connectivity index (χ4v) is 3.38. The molecule has 2 N–H and O–H groups in total. The second-order valence-electron chi connectivity index (χ2n) is 6.86. The summed E-state index contributed by atoms with van der Waals surface area (Å²) < 4.78 is 11.1. The van der Waals surface area contributed by atoms with Crippen molar-refractivity contribution in [2.45, 2.75) is 63.1 Å². The minimum atomic E-state index is -2.24. The van der Waals surface area contributed by atoms with Crippen molar-refractivity contribution < 1.29 is 24.2 Å². The highest BCUT2D eigenvalue weighted by Gasteiger charge is 2.51. The summed E-state index contributed by atoms with van der Waals surface area (Å²) >= 11 is 0. The molecule has 0 saturated heterocycles. The number of methoxy groups -OCH3 is 1. The predicted molar refractivity (Wildman–Crippen MR) is 78.8 cm³/mol. The van der Waals surface area contributed by atoms with Gasteiger partial charge in [0.1, 0.15) is 0 Å². The van der Waals surface area contributed by atoms with Gasteiger partial charge in [0.2, 0.25) is 0 Å². The Morgan fingerprint density at radius 3 is 2.30 bits per heavy atom. The van der Waals surface area contributed by atoms with Gasteiger partial charge in [-0.1, -0.05) is 26.8 Å². The molecule has 0 unspecified atom stereocenters. The van der Waals surface area contributed by atoms with Crippen molar-refractivity contribution in [3.05, 3.63) is 12.2 Å². The third-order valence-electron chi connectivity index (χ3n) is 4.24. The molecule has 0 bridgehead atoms. The molecule has 3 atom stereocenters. The predicted octanol–water partition coefficient (Wildman–Crippen LogP) is 1.60. The Balaban J connectivity index is 3.16. The van der Waals surface area contributed by atoms with Crippen LogP contribution in [0.2, 0.25) is 18.1 Å². The van der Waals surface area contributed by atoms with E-state index in [4.69, 9.17) is 9.16 Å². The average molecular weight is 302 g/mol. The Morgan fingerprint density at radius 1 is 1.35 bits per heavy atom. The number of esters is 1. The van der Waals surface area contributed by atoms with Crippen LogP contribution in [0.5, 0.6) is 0 Å². The van der Waals surface area contributed by atoms with Crippen molar-refractivity contribution in [3.63, 3.8) is 0 Å². The molecule has 1 aliphatic carbocycles. The number of ether oxygens (including phenoxy) is 1. The van der Waals surface area contributed by atoms with Gasteiger partial charge in [0.05, 0.1) is 19.3 Å². The Morgan fingerprint density at radius 2 is 1.90 bits per heavy atom. The molecule has 0 spiro atoms. The van der Waals surface area contributed by atoms with E-state index in [9.17, 15) is 15.0 Å². The SMILES string of the molecule is COC(=O)[C@]1(O[Si](C)(C)C(C)(C)C)C=C[C@@H](O)[C@H](O)C1. The Bertz CT molecular complexity index is 399. The van der Waals surface area contributed by atoms with Gasteiger partial charge in [-0.15, -0.1) is 0 Å². The van der Waals surface area contributed by atoms with Gasteiger partial charge >= 0.3 is 5.97 Å². The molecule has 0 aromatic rings. The summed E-state index contributed by atoms with van der Waals surface area (Å²) in [7, 11) is -0.944. The largest absolute Gasteiger partial charge is 0.467 e. The number of aliphatic hydroxyl groups excluding tert-OH is 2. The Labute approximate surface area is 121 Å². The fraction of sp³-hybridized carbons (Fsp3) is 0.786. The van der Waals surface area contributed by atoms with Crippen LogP contribution >= 0.6 is 0 Å². The van der Waals surface area contributed by atoms with Crippen LogP contribution < -0.4 is 0 Å². The third kappa shape index (κ3) is 3.31. The second kappa shape index (κ2) is 5.59. The highest BCUT2D eigenvalue weighted by atomic mass is 28.4. The highest BCUT2D eigenvalue weighted by Crippen LogP contribution is 2.42. The summed E-state index contributed by atoms with van der Waals surface area (Å²) in [5.41, 5.74) is -1.31. The first-order valence-corrected chi connectivity index (χ1v) is 9.70. The molecule has 0 aromatic heterocycles. The van der Waals surface area contributed by atoms with Gasteiger partial charge in [-0.2, -0.15) is 0 Å². The van der Waals surface area contributed by atoms with Crippen LogP contribution in [-0.2, 0) is 14.0 Å². The number of hydrogen-bond donors (Lipinski definition) is 2. The number of aliphatic hydroxyl groups is 2. The molecule has 5 nitrogen and oxygen atoms in total. The molecule has 0 radical (unpaired) electrons. The third-order valence-corrected chi connectivity index (χ3v) is 8.73. The zero-order chi connectivity index (χ0) is 15.8. The number of carbonyl (C=O) groups is 1. The standard InChI is InChI=1S/C14H26O5Si/c1-13(2,3)20(5,6)19-14(12(17)18-4)8-7-10(15)11(16)9-14/h7-8,10-11,15-16H,9H2,1-6H3/t10-,11-,14+/m1/s1. The van der Waals surface area contributed by atoms with E-state index in [1.54, 1.807) is 0 Å². The van der Waals surface area contributed by atoms with Gasteiger partial charge in [-0.05, 0) is 24.2 Å². The van der Waals surface area contributed by atoms with E-state index in [1.165, 1.54) is 19.3 Å². The normalized spacial score (nSPS) is 31.2. The van der Waals surface area contributed by atoms with Gasteiger partial charge in [-0.25, -0.2) is 4.79 Å². The van der Waals surface area contributed by atoms with Crippen molar-refractivity contribution in [1.29, 1.82) is 0 Å². The van der Waals surface area contributed by atoms with Gasteiger partial charge in [-0.3, -0.25) is 0 Å². The number of rotatable bonds is 3. The zero-order valence-corrected chi connectivity index (χ0v) is 14.1. The van der Waals surface area contributed by atoms with Crippen LogP contribution in [0.4, 0.5) is 0 Å². The molecule has 1 aliphatic rings. The second-order valence-corrected chi connectivity index (χ2v) is 11.6. The summed E-state index contributed by atoms with van der Waals surface area (Å²) in [6.07, 6.45) is 0.915. The van der Waals surface area contributed by atoms with E-state index in [0.29, 0.717) is 0 Å². The molecule has 0 saturated carbocycles. The van der Waals surface area contributed by atoms with E-state index in [0.717, 1.165) is 0 Å². The minimum Gasteiger partial charge on any atom is -0.467 e. The van der Waals surface area contributed by atoms with Crippen molar-refractivity contribution in [2.75, 3.05) is 7.11 Å². The fourth-order valence-electron chi connectivity index (χ4n) is 1.93. The van der Waals surface area contributed by atoms with Crippen LogP contribution in [0.15, 0.2) is 12.2 Å². The lowest BCUT2D eigenvalue weighted by molar-refractivity contribution is -0.160. The first-order valence-electron chi connectivity index (χ1n) is 6.79. The molecule has 0 aliphatic heterocycles. The monoisotopic (exact) mass is 302 g/mol. The first-order chi connectivity index (χ1) is 8.95. The maximum Gasteiger partial charge on any atom is 0.341 e. The summed E-state index contributed by atoms with van der Waals surface area (Å²) in [5, 5.41) is 19.4. The highest BCUT2D eigenvalue weighted by molar-refractivity contribution is 6.74. The summed E-state index contributed by atoms with van der Waals surface area (Å²) in [4.78, 5) is 12.2. The summed E-state index contributed by atoms with van der Waals surface area (Å²) in [6, 6.07) is 0. The number of carbonyl (C=O) groups excluding carboxylic acids is 1. The molecule has 0 fully saturated rings. The molecular formula is C14H26O5Si. The maximum atomic E-state index is 12.2. The van der Waals surface area contributed by atoms with E-state index < -0.39 is 32.1 Å². The Hall–Kier alpha value is -0.693. The molecule has 1 rings (SSSR count). The Kier molecular flexibility index (Phi) is 4.86. The van der Waals surface area contributed by atoms with Crippen molar-refractivity contribution in [2.24, 2.45) is 0 Å². The lowest BCUT2D eigenvalue weighted by Gasteiger charge is -2.45. The van der Waals surface area contributed by atoms with Crippen LogP contribution in [0.1, 0.15) is 27.2 Å². The quantitative estimate of drug-likeness (QED) is 0.470. The zero-order valence-electron chi connectivity index (χ0n) is 13.1. The van der Waals surface area contributed by atoms with Crippen molar-refractivity contribution in [1.82, 2.24) is 0 Å². The van der Waals surface area contributed by atoms with Gasteiger partial charge in [0.25, 0.3) is 0 Å². The van der Waals surface area contributed by atoms with Gasteiger partial charge < -0.3 is 19.4 Å². The topological polar surface area (TPSA) is 76.0 Å². The molecule has 116 valence electrons. The van der Waals surface area contributed by atoms with Crippen LogP contribution in [0, 0.1) is 0 Å². The molecule has 0 amide bonds. The summed E-state index contributed by atoms with van der Waals surface area (Å²) in [6.45, 7) is 10.3. The van der Waals surface area contributed by atoms with E-state index >= 15 is 0 Å². The van der Waals surface area contributed by atoms with Crippen LogP contribution in [-0.4, -0.2) is 49.4 Å². The first kappa shape index (κ1) is 17.4. The van der Waals surface area contributed by atoms with Gasteiger partial charge in [0.15, 0.2) is 13.9 Å². The maximum absolute atomic E-state index is 12.2. The number of hydrogen-bond acceptors (Lipinski definition) is 5. The smallest absolute Gasteiger partial charge is 0.341 e. The van der Waals surface area contributed by atoms with E-state index in [-0.39, 0.29) is 11.5 Å². The molecule has 20 heavy (non-hydrogen) atoms. The lowest BCUT2D eigenvalue weighted by atomic mass is 9.88. The molecule has 0 aromatic carbocycles. The van der Waals surface area contributed by atoms with Crippen LogP contribution in [0.3, 0.4) is 0 Å². The molecule has 6 heteroatoms. The average Bonchev–Trinajstić information content (AvgIpc) is 2.31. The van der Waals surface area contributed by atoms with Crippen molar-refractivity contribution in [3.8, 4) is 0 Å². The van der Waals surface area contributed by atoms with Crippen molar-refractivity contribution >= 4 is 14.3 Å². The van der Waals surface area contributed by atoms with Crippen LogP contribution in [0.25, 0.3) is 0 Å². The summed E-state index contributed by atoms with van der Waals surface area (Å²) in [5.74, 6) is -0.537. The van der Waals surface area contributed by atoms with E-state index in [1.807, 2.05) is 13.1 Å². The lowest BCUT2D eigenvalue weighted by Crippen LogP contribution is -2.56. The molecular weight excluding hydrogens is 276 g/mol. The molecule has 0 heterocycles. The minimum absolute atomic E-state index is 0.00382. The van der Waals surface area contributed by atoms with E-state index in [2.05, 4.69) is 20.8 Å².